The third-order valence-electron chi connectivity index (χ3n) is 5.88. The Labute approximate surface area is 151 Å². The highest BCUT2D eigenvalue weighted by Crippen LogP contribution is 2.48. The minimum atomic E-state index is -0.704. The van der Waals surface area contributed by atoms with Crippen molar-refractivity contribution in [1.29, 1.82) is 0 Å². The highest BCUT2D eigenvalue weighted by Gasteiger charge is 2.51. The average molecular weight is 358 g/mol. The summed E-state index contributed by atoms with van der Waals surface area (Å²) in [6.07, 6.45) is 6.90. The van der Waals surface area contributed by atoms with Gasteiger partial charge in [0, 0.05) is 23.1 Å². The lowest BCUT2D eigenvalue weighted by Gasteiger charge is -2.36. The molecule has 6 nitrogen and oxygen atoms in total. The van der Waals surface area contributed by atoms with Gasteiger partial charge in [0.1, 0.15) is 12.7 Å². The third kappa shape index (κ3) is 2.69. The van der Waals surface area contributed by atoms with Crippen LogP contribution in [-0.2, 0) is 19.1 Å². The van der Waals surface area contributed by atoms with Crippen LogP contribution in [0.2, 0.25) is 0 Å². The summed E-state index contributed by atoms with van der Waals surface area (Å²) in [5.41, 5.74) is 2.32. The highest BCUT2D eigenvalue weighted by atomic mass is 16.5. The Bertz CT molecular complexity index is 787. The Balaban J connectivity index is 1.53. The first-order valence-corrected chi connectivity index (χ1v) is 8.99. The molecular weight excluding hydrogens is 336 g/mol. The molecule has 1 aromatic heterocycles. The normalized spacial score (nSPS) is 31.4. The lowest BCUT2D eigenvalue weighted by Crippen LogP contribution is -2.40. The van der Waals surface area contributed by atoms with Gasteiger partial charge in [-0.15, -0.1) is 0 Å². The second-order valence-electron chi connectivity index (χ2n) is 7.36. The van der Waals surface area contributed by atoms with Crippen molar-refractivity contribution in [2.75, 3.05) is 6.61 Å². The Kier molecular flexibility index (Phi) is 4.23. The van der Waals surface area contributed by atoms with Gasteiger partial charge in [-0.2, -0.15) is 0 Å². The van der Waals surface area contributed by atoms with Crippen molar-refractivity contribution in [3.63, 3.8) is 0 Å². The number of ether oxygens (including phenoxy) is 2. The standard InChI is InChI=1S/C20H22O6/c1-12-9-16(13-6-8-24-10-13)26-18(22)14(12)5-7-20-11-25-19(23)15(20)3-2-4-17(20)21/h3,6,8,10,16-17,21H,2,4-5,7,9,11H2,1H3/t16-,17+,20+/m0/s1. The van der Waals surface area contributed by atoms with Gasteiger partial charge in [0.15, 0.2) is 0 Å². The fraction of sp³-hybridized carbons (Fsp3) is 0.500. The number of aliphatic hydroxyl groups excluding tert-OH is 1. The Morgan fingerprint density at radius 3 is 2.88 bits per heavy atom. The summed E-state index contributed by atoms with van der Waals surface area (Å²) < 4.78 is 15.9. The van der Waals surface area contributed by atoms with E-state index in [1.165, 1.54) is 0 Å². The molecule has 1 saturated heterocycles. The number of carbonyl (C=O) groups excluding carboxylic acids is 2. The maximum Gasteiger partial charge on any atom is 0.334 e. The van der Waals surface area contributed by atoms with Crippen LogP contribution in [0.5, 0.6) is 0 Å². The van der Waals surface area contributed by atoms with E-state index in [2.05, 4.69) is 0 Å². The molecule has 2 aliphatic heterocycles. The lowest BCUT2D eigenvalue weighted by atomic mass is 9.68. The summed E-state index contributed by atoms with van der Waals surface area (Å²) in [6, 6.07) is 1.80. The van der Waals surface area contributed by atoms with Crippen LogP contribution in [0.4, 0.5) is 0 Å². The number of fused-ring (bicyclic) bond motifs is 1. The first-order chi connectivity index (χ1) is 12.5. The molecule has 0 amide bonds. The van der Waals surface area contributed by atoms with Crippen molar-refractivity contribution >= 4 is 11.9 Å². The first-order valence-electron chi connectivity index (χ1n) is 8.99. The van der Waals surface area contributed by atoms with E-state index in [-0.39, 0.29) is 24.6 Å². The van der Waals surface area contributed by atoms with Gasteiger partial charge >= 0.3 is 11.9 Å². The molecule has 1 N–H and O–H groups in total. The smallest absolute Gasteiger partial charge is 0.334 e. The second kappa shape index (κ2) is 6.43. The Morgan fingerprint density at radius 2 is 2.15 bits per heavy atom. The molecular formula is C20H22O6. The van der Waals surface area contributed by atoms with Gasteiger partial charge in [0.2, 0.25) is 0 Å². The molecule has 0 aromatic carbocycles. The summed E-state index contributed by atoms with van der Waals surface area (Å²) in [7, 11) is 0. The van der Waals surface area contributed by atoms with Crippen LogP contribution in [-0.4, -0.2) is 29.8 Å². The number of rotatable bonds is 4. The van der Waals surface area contributed by atoms with Gasteiger partial charge in [-0.05, 0) is 38.7 Å². The van der Waals surface area contributed by atoms with E-state index in [1.54, 1.807) is 18.6 Å². The summed E-state index contributed by atoms with van der Waals surface area (Å²) in [4.78, 5) is 24.5. The van der Waals surface area contributed by atoms with Gasteiger partial charge in [-0.3, -0.25) is 0 Å². The minimum absolute atomic E-state index is 0.178. The Morgan fingerprint density at radius 1 is 1.31 bits per heavy atom. The van der Waals surface area contributed by atoms with Crippen molar-refractivity contribution in [3.8, 4) is 0 Å². The predicted octanol–water partition coefficient (Wildman–Crippen LogP) is 2.99. The number of allylic oxidation sites excluding steroid dienone is 1. The molecule has 4 rings (SSSR count). The molecule has 1 aliphatic carbocycles. The molecule has 138 valence electrons. The van der Waals surface area contributed by atoms with Crippen LogP contribution in [0.25, 0.3) is 0 Å². The maximum atomic E-state index is 12.5. The van der Waals surface area contributed by atoms with Crippen LogP contribution in [0.15, 0.2) is 45.8 Å². The zero-order valence-corrected chi connectivity index (χ0v) is 14.7. The predicted molar refractivity (Wildman–Crippen MR) is 90.8 cm³/mol. The number of aliphatic hydroxyl groups is 1. The quantitative estimate of drug-likeness (QED) is 0.833. The third-order valence-corrected chi connectivity index (χ3v) is 5.88. The fourth-order valence-corrected chi connectivity index (χ4v) is 4.28. The summed E-state index contributed by atoms with van der Waals surface area (Å²) in [5, 5.41) is 10.6. The van der Waals surface area contributed by atoms with Gasteiger partial charge in [0.05, 0.1) is 24.0 Å². The summed E-state index contributed by atoms with van der Waals surface area (Å²) >= 11 is 0. The van der Waals surface area contributed by atoms with Gasteiger partial charge in [-0.1, -0.05) is 11.6 Å². The van der Waals surface area contributed by atoms with E-state index in [9.17, 15) is 14.7 Å². The van der Waals surface area contributed by atoms with E-state index < -0.39 is 11.5 Å². The van der Waals surface area contributed by atoms with Crippen LogP contribution in [0, 0.1) is 5.41 Å². The summed E-state index contributed by atoms with van der Waals surface area (Å²) in [6.45, 7) is 2.11. The topological polar surface area (TPSA) is 86.0 Å². The molecule has 26 heavy (non-hydrogen) atoms. The van der Waals surface area contributed by atoms with Gasteiger partial charge in [0.25, 0.3) is 0 Å². The first kappa shape index (κ1) is 17.1. The molecule has 0 saturated carbocycles. The maximum absolute atomic E-state index is 12.5. The highest BCUT2D eigenvalue weighted by molar-refractivity contribution is 5.93. The van der Waals surface area contributed by atoms with Crippen molar-refractivity contribution in [2.45, 2.75) is 51.2 Å². The monoisotopic (exact) mass is 358 g/mol. The molecule has 0 radical (unpaired) electrons. The van der Waals surface area contributed by atoms with Crippen molar-refractivity contribution < 1.29 is 28.6 Å². The molecule has 3 heterocycles. The molecule has 3 aliphatic rings. The number of hydrogen-bond donors (Lipinski definition) is 1. The number of esters is 2. The van der Waals surface area contributed by atoms with E-state index in [0.29, 0.717) is 43.3 Å². The van der Waals surface area contributed by atoms with Gasteiger partial charge in [-0.25, -0.2) is 9.59 Å². The molecule has 0 spiro atoms. The average Bonchev–Trinajstić information content (AvgIpc) is 3.25. The number of hydrogen-bond acceptors (Lipinski definition) is 6. The van der Waals surface area contributed by atoms with E-state index in [4.69, 9.17) is 13.9 Å². The number of carbonyl (C=O) groups is 2. The van der Waals surface area contributed by atoms with Crippen LogP contribution < -0.4 is 0 Å². The fourth-order valence-electron chi connectivity index (χ4n) is 4.28. The van der Waals surface area contributed by atoms with E-state index >= 15 is 0 Å². The van der Waals surface area contributed by atoms with Crippen molar-refractivity contribution in [1.82, 2.24) is 0 Å². The molecule has 3 atom stereocenters. The van der Waals surface area contributed by atoms with Gasteiger partial charge < -0.3 is 19.0 Å². The second-order valence-corrected chi connectivity index (χ2v) is 7.36. The van der Waals surface area contributed by atoms with Crippen molar-refractivity contribution in [3.05, 3.63) is 47.0 Å². The van der Waals surface area contributed by atoms with Crippen LogP contribution in [0.1, 0.15) is 50.7 Å². The number of cyclic esters (lactones) is 2. The summed E-state index contributed by atoms with van der Waals surface area (Å²) in [5.74, 6) is -0.682. The Hall–Kier alpha value is -2.34. The SMILES string of the molecule is CC1=C(CC[C@@]23COC(=O)C2=CCC[C@H]3O)C(=O)O[C@H](c2ccoc2)C1. The number of furan rings is 1. The van der Waals surface area contributed by atoms with Crippen LogP contribution in [0.3, 0.4) is 0 Å². The van der Waals surface area contributed by atoms with Crippen LogP contribution >= 0.6 is 0 Å². The molecule has 0 unspecified atom stereocenters. The molecule has 1 fully saturated rings. The van der Waals surface area contributed by atoms with E-state index in [0.717, 1.165) is 11.1 Å². The van der Waals surface area contributed by atoms with E-state index in [1.807, 2.05) is 13.0 Å². The molecule has 1 aromatic rings. The van der Waals surface area contributed by atoms with Crippen molar-refractivity contribution in [2.24, 2.45) is 5.41 Å². The zero-order chi connectivity index (χ0) is 18.3. The lowest BCUT2D eigenvalue weighted by molar-refractivity contribution is -0.146. The zero-order valence-electron chi connectivity index (χ0n) is 14.7. The molecule has 0 bridgehead atoms. The minimum Gasteiger partial charge on any atom is -0.472 e. The largest absolute Gasteiger partial charge is 0.472 e. The molecule has 6 heteroatoms.